The van der Waals surface area contributed by atoms with Gasteiger partial charge in [-0.2, -0.15) is 0 Å². The molecule has 1 fully saturated rings. The first-order valence-corrected chi connectivity index (χ1v) is 6.15. The zero-order valence-corrected chi connectivity index (χ0v) is 9.82. The van der Waals surface area contributed by atoms with Crippen molar-refractivity contribution in [2.24, 2.45) is 0 Å². The number of aryl methyl sites for hydroxylation is 1. The van der Waals surface area contributed by atoms with Crippen LogP contribution in [0.25, 0.3) is 0 Å². The monoisotopic (exact) mass is 220 g/mol. The van der Waals surface area contributed by atoms with Gasteiger partial charge >= 0.3 is 0 Å². The molecule has 1 aromatic rings. The zero-order valence-electron chi connectivity index (χ0n) is 9.82. The van der Waals surface area contributed by atoms with E-state index in [0.717, 1.165) is 37.9 Å². The summed E-state index contributed by atoms with van der Waals surface area (Å²) < 4.78 is 0. The number of aliphatic hydroxyl groups is 1. The fraction of sp³-hybridized carbons (Fsp3) is 0.615. The van der Waals surface area contributed by atoms with Crippen LogP contribution in [0.5, 0.6) is 0 Å². The van der Waals surface area contributed by atoms with Gasteiger partial charge in [0.1, 0.15) is 0 Å². The first kappa shape index (κ1) is 11.6. The fourth-order valence-corrected chi connectivity index (χ4v) is 2.36. The van der Waals surface area contributed by atoms with Crippen molar-refractivity contribution in [2.75, 3.05) is 0 Å². The summed E-state index contributed by atoms with van der Waals surface area (Å²) in [7, 11) is 0. The highest BCUT2D eigenvalue weighted by Gasteiger charge is 2.24. The summed E-state index contributed by atoms with van der Waals surface area (Å²) >= 11 is 0. The average Bonchev–Trinajstić information content (AvgIpc) is 2.72. The maximum absolute atomic E-state index is 9.71. The number of hydrogen-bond acceptors (Lipinski definition) is 3. The van der Waals surface area contributed by atoms with Crippen molar-refractivity contribution in [1.82, 2.24) is 10.3 Å². The molecule has 1 heterocycles. The van der Waals surface area contributed by atoms with Crippen LogP contribution in [0.15, 0.2) is 18.3 Å². The molecule has 0 aliphatic heterocycles. The van der Waals surface area contributed by atoms with E-state index in [2.05, 4.69) is 23.3 Å². The number of rotatable bonds is 4. The van der Waals surface area contributed by atoms with Crippen LogP contribution in [0.4, 0.5) is 0 Å². The number of aliphatic hydroxyl groups excluding tert-OH is 1. The van der Waals surface area contributed by atoms with Crippen LogP contribution in [0.3, 0.4) is 0 Å². The first-order chi connectivity index (χ1) is 7.81. The fourth-order valence-electron chi connectivity index (χ4n) is 2.36. The van der Waals surface area contributed by atoms with Crippen LogP contribution in [0, 0.1) is 0 Å². The molecule has 0 unspecified atom stereocenters. The number of nitrogens with one attached hydrogen (secondary N) is 1. The normalized spacial score (nSPS) is 24.9. The minimum atomic E-state index is -0.172. The molecule has 1 aromatic heterocycles. The van der Waals surface area contributed by atoms with Gasteiger partial charge in [0.15, 0.2) is 0 Å². The molecule has 0 radical (unpaired) electrons. The highest BCUT2D eigenvalue weighted by atomic mass is 16.3. The summed E-state index contributed by atoms with van der Waals surface area (Å²) in [6.07, 6.45) is 5.81. The minimum absolute atomic E-state index is 0.172. The van der Waals surface area contributed by atoms with E-state index in [0.29, 0.717) is 0 Å². The molecular weight excluding hydrogens is 200 g/mol. The molecule has 1 aliphatic carbocycles. The molecule has 0 saturated heterocycles. The van der Waals surface area contributed by atoms with Gasteiger partial charge in [-0.3, -0.25) is 4.98 Å². The van der Waals surface area contributed by atoms with E-state index in [1.165, 1.54) is 5.56 Å². The van der Waals surface area contributed by atoms with Crippen molar-refractivity contribution in [3.63, 3.8) is 0 Å². The number of nitrogens with zero attached hydrogens (tertiary/aromatic N) is 1. The third kappa shape index (κ3) is 2.60. The summed E-state index contributed by atoms with van der Waals surface area (Å²) in [5.74, 6) is 0. The molecule has 1 aliphatic rings. The Balaban J connectivity index is 1.93. The number of hydrogen-bond donors (Lipinski definition) is 2. The van der Waals surface area contributed by atoms with Crippen molar-refractivity contribution in [1.29, 1.82) is 0 Å². The van der Waals surface area contributed by atoms with Gasteiger partial charge in [0.05, 0.1) is 11.8 Å². The van der Waals surface area contributed by atoms with E-state index in [1.807, 2.05) is 12.3 Å². The van der Waals surface area contributed by atoms with Gasteiger partial charge < -0.3 is 10.4 Å². The second-order valence-corrected chi connectivity index (χ2v) is 4.45. The third-order valence-electron chi connectivity index (χ3n) is 3.38. The van der Waals surface area contributed by atoms with Gasteiger partial charge in [-0.25, -0.2) is 0 Å². The van der Waals surface area contributed by atoms with Gasteiger partial charge in [-0.15, -0.1) is 0 Å². The smallest absolute Gasteiger partial charge is 0.0693 e. The van der Waals surface area contributed by atoms with Crippen LogP contribution in [0.1, 0.15) is 37.4 Å². The second kappa shape index (κ2) is 5.41. The SMILES string of the molecule is CCc1cccnc1CN[C@H]1CCC[C@@H]1O. The Morgan fingerprint density at radius 1 is 1.50 bits per heavy atom. The van der Waals surface area contributed by atoms with Crippen LogP contribution in [-0.2, 0) is 13.0 Å². The highest BCUT2D eigenvalue weighted by Crippen LogP contribution is 2.19. The van der Waals surface area contributed by atoms with Gasteiger partial charge in [-0.1, -0.05) is 13.0 Å². The molecule has 2 rings (SSSR count). The molecule has 88 valence electrons. The summed E-state index contributed by atoms with van der Waals surface area (Å²) in [5.41, 5.74) is 2.41. The van der Waals surface area contributed by atoms with Crippen LogP contribution in [-0.4, -0.2) is 22.2 Å². The van der Waals surface area contributed by atoms with E-state index in [1.54, 1.807) is 0 Å². The van der Waals surface area contributed by atoms with Gasteiger partial charge in [0.2, 0.25) is 0 Å². The lowest BCUT2D eigenvalue weighted by Gasteiger charge is -2.17. The van der Waals surface area contributed by atoms with E-state index in [4.69, 9.17) is 0 Å². The molecule has 0 spiro atoms. The molecule has 16 heavy (non-hydrogen) atoms. The van der Waals surface area contributed by atoms with E-state index in [9.17, 15) is 5.11 Å². The maximum atomic E-state index is 9.71. The van der Waals surface area contributed by atoms with Crippen molar-refractivity contribution >= 4 is 0 Å². The van der Waals surface area contributed by atoms with Crippen molar-refractivity contribution < 1.29 is 5.11 Å². The van der Waals surface area contributed by atoms with Crippen LogP contribution >= 0.6 is 0 Å². The van der Waals surface area contributed by atoms with E-state index >= 15 is 0 Å². The highest BCUT2D eigenvalue weighted by molar-refractivity contribution is 5.19. The quantitative estimate of drug-likeness (QED) is 0.811. The van der Waals surface area contributed by atoms with E-state index in [-0.39, 0.29) is 12.1 Å². The molecule has 0 amide bonds. The Morgan fingerprint density at radius 3 is 3.06 bits per heavy atom. The van der Waals surface area contributed by atoms with Gasteiger partial charge in [-0.05, 0) is 37.3 Å². The lowest BCUT2D eigenvalue weighted by Crippen LogP contribution is -2.35. The molecule has 3 heteroatoms. The van der Waals surface area contributed by atoms with Gasteiger partial charge in [0.25, 0.3) is 0 Å². The maximum Gasteiger partial charge on any atom is 0.0693 e. The van der Waals surface area contributed by atoms with Crippen LogP contribution < -0.4 is 5.32 Å². The first-order valence-electron chi connectivity index (χ1n) is 6.15. The van der Waals surface area contributed by atoms with Crippen molar-refractivity contribution in [3.8, 4) is 0 Å². The van der Waals surface area contributed by atoms with E-state index < -0.39 is 0 Å². The topological polar surface area (TPSA) is 45.2 Å². The van der Waals surface area contributed by atoms with Crippen molar-refractivity contribution in [2.45, 2.75) is 51.3 Å². The van der Waals surface area contributed by atoms with Crippen molar-refractivity contribution in [3.05, 3.63) is 29.6 Å². The summed E-state index contributed by atoms with van der Waals surface area (Å²) in [5, 5.41) is 13.1. The molecule has 0 bridgehead atoms. The average molecular weight is 220 g/mol. The Labute approximate surface area is 96.9 Å². The zero-order chi connectivity index (χ0) is 11.4. The lowest BCUT2D eigenvalue weighted by molar-refractivity contribution is 0.148. The predicted octanol–water partition coefficient (Wildman–Crippen LogP) is 1.65. The van der Waals surface area contributed by atoms with Gasteiger partial charge in [0, 0.05) is 18.8 Å². The Morgan fingerprint density at radius 2 is 2.38 bits per heavy atom. The Kier molecular flexibility index (Phi) is 3.91. The summed E-state index contributed by atoms with van der Waals surface area (Å²) in [4.78, 5) is 4.39. The second-order valence-electron chi connectivity index (χ2n) is 4.45. The molecule has 1 saturated carbocycles. The molecule has 3 nitrogen and oxygen atoms in total. The number of pyridine rings is 1. The molecular formula is C13H20N2O. The molecule has 2 N–H and O–H groups in total. The molecule has 0 aromatic carbocycles. The Bertz CT molecular complexity index is 340. The molecule has 2 atom stereocenters. The predicted molar refractivity (Wildman–Crippen MR) is 64.1 cm³/mol. The minimum Gasteiger partial charge on any atom is -0.392 e. The Hall–Kier alpha value is -0.930. The summed E-state index contributed by atoms with van der Waals surface area (Å²) in [6, 6.07) is 4.36. The lowest BCUT2D eigenvalue weighted by atomic mass is 10.1. The standard InChI is InChI=1S/C13H20N2O/c1-2-10-5-4-8-14-12(10)9-15-11-6-3-7-13(11)16/h4-5,8,11,13,15-16H,2-3,6-7,9H2,1H3/t11-,13-/m0/s1. The summed E-state index contributed by atoms with van der Waals surface area (Å²) in [6.45, 7) is 2.91. The largest absolute Gasteiger partial charge is 0.392 e. The van der Waals surface area contributed by atoms with Crippen LogP contribution in [0.2, 0.25) is 0 Å². The third-order valence-corrected chi connectivity index (χ3v) is 3.38. The number of aromatic nitrogens is 1.